The Labute approximate surface area is 844 Å². The highest BCUT2D eigenvalue weighted by Crippen LogP contribution is 2.42. The predicted octanol–water partition coefficient (Wildman–Crippen LogP) is 6.17. The molecule has 0 radical (unpaired) electrons. The van der Waals surface area contributed by atoms with Gasteiger partial charge in [0.1, 0.15) is 23.0 Å². The van der Waals surface area contributed by atoms with Crippen molar-refractivity contribution >= 4 is 93.0 Å². The lowest BCUT2D eigenvalue weighted by atomic mass is 9.92. The average molecular weight is 2050 g/mol. The molecule has 1 atom stereocenters. The topological polar surface area (TPSA) is 511 Å². The second-order valence-electron chi connectivity index (χ2n) is 33.9. The van der Waals surface area contributed by atoms with Gasteiger partial charge in [-0.2, -0.15) is 0 Å². The highest BCUT2D eigenvalue weighted by molar-refractivity contribution is 6.05. The van der Waals surface area contributed by atoms with Crippen LogP contribution in [0, 0.1) is 25.5 Å². The number of carbonyl (C=O) groups is 9. The third kappa shape index (κ3) is 36.9. The van der Waals surface area contributed by atoms with E-state index in [1.165, 1.54) is 61.3 Å². The molecule has 146 heavy (non-hydrogen) atoms. The number of benzene rings is 2. The van der Waals surface area contributed by atoms with Crippen molar-refractivity contribution in [1.29, 1.82) is 0 Å². The van der Waals surface area contributed by atoms with Crippen molar-refractivity contribution in [3.8, 4) is 11.1 Å². The van der Waals surface area contributed by atoms with E-state index in [4.69, 9.17) is 85.3 Å². The van der Waals surface area contributed by atoms with E-state index in [1.54, 1.807) is 69.1 Å². The van der Waals surface area contributed by atoms with Gasteiger partial charge < -0.3 is 155 Å². The Kier molecular flexibility index (Phi) is 48.3. The van der Waals surface area contributed by atoms with E-state index < -0.39 is 59.0 Å². The van der Waals surface area contributed by atoms with E-state index >= 15 is 4.39 Å². The molecule has 1 aliphatic carbocycles. The standard InChI is InChI=1S/C97H137F2N21O26/c1-67-87(68(2)146-112-67)69-9-16-78-77(59-69)107-88(119(78)72-10-13-74(130-8)14-11-72)79-20-26-118(97(129)120(79)73-12-15-75(98)76(99)62-73)28-30-132-32-34-134-36-38-136-40-42-138-44-46-140-48-50-142-52-54-144-56-58-145-57-55-143-53-51-141-49-47-139-45-43-137-41-39-135-37-35-133-33-31-131-29-25-100-84(121)17-21-104-94(126)90-110-82(65-116(90)6)108-85(122)18-22-103-93(125)81-61-71(64-115(81)5)106-96(128)91-111-83(66-117(91)7)109-86(123)19-23-102-92(124)80-60-70(63-114(80)4)105-95(127)89-101-24-27-113(89)3/h9,12,15-16,24,27,59-66,72,74,79H,10-11,13-14,17-23,25-26,28-58H2,1-8H3,(H,100,121)(H,102,124)(H,103,125)(H,104,126)(H,105,127)(H,106,128)(H,108,122)(H,109,123)/t72?,74?,79-/m0/s1. The maximum atomic E-state index is 15.0. The van der Waals surface area contributed by atoms with Crippen molar-refractivity contribution in [3.63, 3.8) is 0 Å². The van der Waals surface area contributed by atoms with Crippen molar-refractivity contribution in [3.05, 3.63) is 143 Å². The van der Waals surface area contributed by atoms with Crippen LogP contribution in [0.1, 0.15) is 134 Å². The molecule has 0 bridgehead atoms. The number of halogens is 2. The first-order valence-corrected chi connectivity index (χ1v) is 48.8. The Morgan fingerprint density at radius 1 is 0.425 bits per heavy atom. The Morgan fingerprint density at radius 2 is 0.856 bits per heavy atom. The van der Waals surface area contributed by atoms with Crippen molar-refractivity contribution in [2.75, 3.05) is 271 Å². The first-order chi connectivity index (χ1) is 70.9. The summed E-state index contributed by atoms with van der Waals surface area (Å²) in [6.07, 6.45) is 12.9. The van der Waals surface area contributed by atoms with E-state index in [0.717, 1.165) is 65.7 Å². The maximum absolute atomic E-state index is 15.0. The molecule has 1 saturated carbocycles. The summed E-state index contributed by atoms with van der Waals surface area (Å²) in [7, 11) is 9.77. The summed E-state index contributed by atoms with van der Waals surface area (Å²) in [5.74, 6) is -4.36. The lowest BCUT2D eigenvalue weighted by Gasteiger charge is -2.42. The first-order valence-electron chi connectivity index (χ1n) is 48.8. The lowest BCUT2D eigenvalue weighted by Crippen LogP contribution is -2.52. The minimum absolute atomic E-state index is 0.00994. The van der Waals surface area contributed by atoms with Gasteiger partial charge >= 0.3 is 6.03 Å². The van der Waals surface area contributed by atoms with E-state index in [1.807, 2.05) is 26.0 Å². The molecular formula is C97H137F2N21O26. The van der Waals surface area contributed by atoms with E-state index in [-0.39, 0.29) is 141 Å². The third-order valence-corrected chi connectivity index (χ3v) is 23.2. The number of imidazole rings is 4. The van der Waals surface area contributed by atoms with Crippen LogP contribution < -0.4 is 47.4 Å². The number of amides is 10. The fraction of sp³-hybridized carbons (Fsp3) is 0.567. The van der Waals surface area contributed by atoms with Crippen LogP contribution in [0.15, 0.2) is 90.2 Å². The number of nitrogens with one attached hydrogen (secondary N) is 8. The molecular weight excluding hydrogens is 1910 g/mol. The van der Waals surface area contributed by atoms with Crippen molar-refractivity contribution in [1.82, 2.24) is 78.7 Å². The lowest BCUT2D eigenvalue weighted by molar-refractivity contribution is -0.121. The monoisotopic (exact) mass is 2050 g/mol. The van der Waals surface area contributed by atoms with Gasteiger partial charge in [0, 0.05) is 161 Å². The van der Waals surface area contributed by atoms with Crippen LogP contribution in [0.4, 0.5) is 42.3 Å². The molecule has 2 aliphatic rings. The van der Waals surface area contributed by atoms with Gasteiger partial charge in [0.15, 0.2) is 29.1 Å². The summed E-state index contributed by atoms with van der Waals surface area (Å²) >= 11 is 0. The summed E-state index contributed by atoms with van der Waals surface area (Å²) in [5.41, 5.74) is 5.53. The van der Waals surface area contributed by atoms with E-state index in [2.05, 4.69) is 73.3 Å². The second-order valence-corrected chi connectivity index (χ2v) is 33.9. The molecule has 9 aromatic rings. The van der Waals surface area contributed by atoms with Gasteiger partial charge in [-0.25, -0.2) is 33.5 Å². The molecule has 1 saturated heterocycles. The number of aryl methyl sites for hydroxylation is 7. The number of carbonyl (C=O) groups excluding carboxylic acids is 9. The molecule has 0 spiro atoms. The van der Waals surface area contributed by atoms with Crippen LogP contribution in [0.3, 0.4) is 0 Å². The van der Waals surface area contributed by atoms with Gasteiger partial charge in [0.25, 0.3) is 29.5 Å². The molecule has 2 aromatic carbocycles. The fourth-order valence-electron chi connectivity index (χ4n) is 15.9. The number of hydrogen-bond donors (Lipinski definition) is 8. The van der Waals surface area contributed by atoms with Crippen molar-refractivity contribution < 1.29 is 132 Å². The van der Waals surface area contributed by atoms with Crippen LogP contribution in [0.5, 0.6) is 0 Å². The molecule has 800 valence electrons. The zero-order valence-electron chi connectivity index (χ0n) is 84.1. The molecule has 8 heterocycles. The molecule has 49 heteroatoms. The van der Waals surface area contributed by atoms with Gasteiger partial charge in [0.2, 0.25) is 29.4 Å². The number of anilines is 5. The zero-order chi connectivity index (χ0) is 104. The summed E-state index contributed by atoms with van der Waals surface area (Å²) in [5, 5.41) is 25.5. The minimum Gasteiger partial charge on any atom is -0.381 e. The molecule has 47 nitrogen and oxygen atoms in total. The van der Waals surface area contributed by atoms with Crippen molar-refractivity contribution in [2.45, 2.75) is 83.4 Å². The van der Waals surface area contributed by atoms with Crippen LogP contribution >= 0.6 is 0 Å². The molecule has 8 N–H and O–H groups in total. The number of hydrogen-bond acceptors (Lipinski definition) is 31. The number of urea groups is 1. The van der Waals surface area contributed by atoms with Crippen LogP contribution in [-0.4, -0.2) is 361 Å². The molecule has 0 unspecified atom stereocenters. The fourth-order valence-corrected chi connectivity index (χ4v) is 15.9. The van der Waals surface area contributed by atoms with Gasteiger partial charge in [-0.15, -0.1) is 0 Å². The maximum Gasteiger partial charge on any atom is 0.325 e. The number of aromatic nitrogens is 11. The molecule has 1 aliphatic heterocycles. The zero-order valence-corrected chi connectivity index (χ0v) is 84.1. The minimum atomic E-state index is -1.05. The van der Waals surface area contributed by atoms with E-state index in [0.29, 0.717) is 215 Å². The number of rotatable bonds is 71. The normalized spacial score (nSPS) is 14.3. The molecule has 10 amide bonds. The highest BCUT2D eigenvalue weighted by atomic mass is 19.2. The quantitative estimate of drug-likeness (QED) is 0.0197. The van der Waals surface area contributed by atoms with Gasteiger partial charge in [-0.3, -0.25) is 43.3 Å². The Balaban J connectivity index is 0.398. The van der Waals surface area contributed by atoms with Crippen molar-refractivity contribution in [2.24, 2.45) is 35.2 Å². The summed E-state index contributed by atoms with van der Waals surface area (Å²) in [6, 6.07) is 11.8. The van der Waals surface area contributed by atoms with Gasteiger partial charge in [-0.05, 0) is 87.9 Å². The van der Waals surface area contributed by atoms with Gasteiger partial charge in [0.05, 0.1) is 238 Å². The number of nitrogens with zero attached hydrogens (tertiary/aromatic N) is 13. The molecule has 11 rings (SSSR count). The Bertz CT molecular complexity index is 5580. The predicted molar refractivity (Wildman–Crippen MR) is 526 cm³/mol. The first kappa shape index (κ1) is 114. The van der Waals surface area contributed by atoms with Crippen LogP contribution in [0.25, 0.3) is 22.2 Å². The second kappa shape index (κ2) is 61.9. The van der Waals surface area contributed by atoms with Crippen LogP contribution in [0.2, 0.25) is 0 Å². The van der Waals surface area contributed by atoms with Crippen LogP contribution in [-0.2, 0) is 125 Å². The largest absolute Gasteiger partial charge is 0.381 e. The van der Waals surface area contributed by atoms with Gasteiger partial charge in [-0.1, -0.05) is 11.2 Å². The number of methoxy groups -OCH3 is 1. The molecule has 7 aromatic heterocycles. The number of ether oxygens (including phenoxy) is 16. The highest BCUT2D eigenvalue weighted by Gasteiger charge is 2.41. The Morgan fingerprint density at radius 3 is 1.29 bits per heavy atom. The molecule has 2 fully saturated rings. The summed E-state index contributed by atoms with van der Waals surface area (Å²) in [6.45, 7) is 16.3. The average Bonchev–Trinajstić information content (AvgIpc) is 1.58. The van der Waals surface area contributed by atoms with E-state index in [9.17, 15) is 47.5 Å². The number of fused-ring (bicyclic) bond motifs is 1. The third-order valence-electron chi connectivity index (χ3n) is 23.2. The Hall–Kier alpha value is -12.4. The summed E-state index contributed by atoms with van der Waals surface area (Å²) in [4.78, 5) is 139. The summed E-state index contributed by atoms with van der Waals surface area (Å²) < 4.78 is 134. The smallest absolute Gasteiger partial charge is 0.325 e. The SMILES string of the molecule is COC1CCC(n2c([C@@H]3CCN(CCOCCOCCOCCOCCOCCOCCOCCOCCOCCOCCOCCOCCOCCOCCOCCNC(=O)CCNC(=O)c4nc(NC(=O)CCNC(=O)c5cc(NC(=O)c6nc(NC(=O)CCNC(=O)c7cc(NC(=O)c8nccn8C)cn7C)cn6C)cn5C)cn4C)C(=O)N3c3ccc(F)c(F)c3)nc3cc(-c4c(C)noc4C)ccc32)CC1.